The molecule has 124 valence electrons. The normalized spacial score (nSPS) is 39.4. The maximum atomic E-state index is 12.8. The fraction of sp³-hybridized carbons (Fsp3) is 0.947. The van der Waals surface area contributed by atoms with Crippen LogP contribution in [0.1, 0.15) is 64.2 Å². The van der Waals surface area contributed by atoms with E-state index < -0.39 is 0 Å². The summed E-state index contributed by atoms with van der Waals surface area (Å²) in [4.78, 5) is 17.4. The van der Waals surface area contributed by atoms with Gasteiger partial charge in [0.15, 0.2) is 0 Å². The zero-order valence-electron chi connectivity index (χ0n) is 14.1. The van der Waals surface area contributed by atoms with Crippen molar-refractivity contribution < 1.29 is 4.79 Å². The molecule has 1 unspecified atom stereocenters. The highest BCUT2D eigenvalue weighted by Gasteiger charge is 2.49. The zero-order chi connectivity index (χ0) is 15.0. The van der Waals surface area contributed by atoms with Crippen LogP contribution in [0.25, 0.3) is 0 Å². The van der Waals surface area contributed by atoms with Gasteiger partial charge in [0, 0.05) is 13.1 Å². The first-order chi connectivity index (χ1) is 10.8. The Kier molecular flexibility index (Phi) is 4.19. The summed E-state index contributed by atoms with van der Waals surface area (Å²) < 4.78 is 0. The second kappa shape index (κ2) is 6.14. The number of carbonyl (C=O) groups excluding carboxylic acids is 1. The Morgan fingerprint density at radius 3 is 2.41 bits per heavy atom. The number of hydrogen-bond donors (Lipinski definition) is 0. The molecule has 0 aromatic heterocycles. The van der Waals surface area contributed by atoms with Gasteiger partial charge in [-0.2, -0.15) is 0 Å². The second-order valence-corrected chi connectivity index (χ2v) is 8.54. The van der Waals surface area contributed by atoms with Crippen molar-refractivity contribution in [1.82, 2.24) is 9.80 Å². The number of likely N-dealkylation sites (tertiary alicyclic amines) is 2. The van der Waals surface area contributed by atoms with Crippen molar-refractivity contribution in [2.24, 2.45) is 17.3 Å². The molecule has 3 aliphatic carbocycles. The third-order valence-corrected chi connectivity index (χ3v) is 7.18. The van der Waals surface area contributed by atoms with Crippen molar-refractivity contribution >= 4 is 5.91 Å². The Hall–Kier alpha value is -0.570. The summed E-state index contributed by atoms with van der Waals surface area (Å²) in [5.41, 5.74) is 0.511. The predicted octanol–water partition coefficient (Wildman–Crippen LogP) is 3.29. The molecule has 1 spiro atoms. The molecule has 2 heterocycles. The minimum atomic E-state index is 0.419. The number of amides is 1. The Balaban J connectivity index is 1.39. The molecule has 22 heavy (non-hydrogen) atoms. The van der Waals surface area contributed by atoms with Crippen molar-refractivity contribution in [3.05, 3.63) is 0 Å². The molecule has 0 aromatic carbocycles. The first-order valence-corrected chi connectivity index (χ1v) is 9.75. The Bertz CT molecular complexity index is 410. The van der Waals surface area contributed by atoms with Crippen LogP contribution in [-0.2, 0) is 4.79 Å². The Morgan fingerprint density at radius 1 is 0.955 bits per heavy atom. The van der Waals surface area contributed by atoms with Gasteiger partial charge in [-0.15, -0.1) is 0 Å². The maximum Gasteiger partial charge on any atom is 0.236 e. The Labute approximate surface area is 135 Å². The van der Waals surface area contributed by atoms with Crippen molar-refractivity contribution in [3.8, 4) is 0 Å². The summed E-state index contributed by atoms with van der Waals surface area (Å²) in [6.45, 7) is 5.06. The summed E-state index contributed by atoms with van der Waals surface area (Å²) in [6.07, 6.45) is 13.8. The number of rotatable bonds is 2. The van der Waals surface area contributed by atoms with Crippen LogP contribution in [0.2, 0.25) is 0 Å². The van der Waals surface area contributed by atoms with E-state index in [9.17, 15) is 4.79 Å². The van der Waals surface area contributed by atoms with Crippen molar-refractivity contribution in [2.75, 3.05) is 32.7 Å². The number of carbonyl (C=O) groups is 1. The first-order valence-electron chi connectivity index (χ1n) is 9.75. The zero-order valence-corrected chi connectivity index (χ0v) is 14.1. The standard InChI is InChI=1S/C19H32N2O/c22-18(14-20-10-2-1-3-11-20)21-12-4-9-19(15-21)13-16-5-7-17(19)8-6-16/h16-17H,1-15H2. The van der Waals surface area contributed by atoms with E-state index in [4.69, 9.17) is 0 Å². The largest absolute Gasteiger partial charge is 0.341 e. The quantitative estimate of drug-likeness (QED) is 0.781. The summed E-state index contributed by atoms with van der Waals surface area (Å²) in [5.74, 6) is 2.31. The van der Waals surface area contributed by atoms with E-state index in [0.717, 1.165) is 38.0 Å². The van der Waals surface area contributed by atoms with E-state index in [1.807, 2.05) is 0 Å². The lowest BCUT2D eigenvalue weighted by molar-refractivity contribution is -0.140. The van der Waals surface area contributed by atoms with Crippen LogP contribution < -0.4 is 0 Å². The minimum absolute atomic E-state index is 0.419. The van der Waals surface area contributed by atoms with E-state index in [2.05, 4.69) is 9.80 Å². The van der Waals surface area contributed by atoms with E-state index in [0.29, 0.717) is 17.9 Å². The molecular weight excluding hydrogens is 272 g/mol. The topological polar surface area (TPSA) is 23.6 Å². The van der Waals surface area contributed by atoms with Gasteiger partial charge in [-0.25, -0.2) is 0 Å². The van der Waals surface area contributed by atoms with Crippen molar-refractivity contribution in [3.63, 3.8) is 0 Å². The fourth-order valence-electron chi connectivity index (χ4n) is 6.00. The van der Waals surface area contributed by atoms with Crippen LogP contribution in [0.5, 0.6) is 0 Å². The van der Waals surface area contributed by atoms with Gasteiger partial charge in [0.1, 0.15) is 0 Å². The molecule has 0 aromatic rings. The summed E-state index contributed by atoms with van der Waals surface area (Å²) in [7, 11) is 0. The van der Waals surface area contributed by atoms with Crippen LogP contribution in [-0.4, -0.2) is 48.4 Å². The van der Waals surface area contributed by atoms with Gasteiger partial charge in [-0.05, 0) is 75.3 Å². The van der Waals surface area contributed by atoms with Crippen LogP contribution >= 0.6 is 0 Å². The average Bonchev–Trinajstić information content (AvgIpc) is 2.57. The Morgan fingerprint density at radius 2 is 1.73 bits per heavy atom. The molecule has 0 radical (unpaired) electrons. The van der Waals surface area contributed by atoms with Gasteiger partial charge in [0.2, 0.25) is 5.91 Å². The highest BCUT2D eigenvalue weighted by molar-refractivity contribution is 5.78. The van der Waals surface area contributed by atoms with Gasteiger partial charge in [0.25, 0.3) is 0 Å². The molecule has 2 saturated heterocycles. The van der Waals surface area contributed by atoms with E-state index >= 15 is 0 Å². The lowest BCUT2D eigenvalue weighted by Crippen LogP contribution is -2.55. The van der Waals surface area contributed by atoms with Gasteiger partial charge in [0.05, 0.1) is 6.54 Å². The van der Waals surface area contributed by atoms with E-state index in [-0.39, 0.29) is 0 Å². The minimum Gasteiger partial charge on any atom is -0.341 e. The third-order valence-electron chi connectivity index (χ3n) is 7.18. The summed E-state index contributed by atoms with van der Waals surface area (Å²) >= 11 is 0. The van der Waals surface area contributed by atoms with Gasteiger partial charge >= 0.3 is 0 Å². The van der Waals surface area contributed by atoms with Gasteiger partial charge < -0.3 is 4.90 Å². The summed E-state index contributed by atoms with van der Waals surface area (Å²) in [6, 6.07) is 0. The van der Waals surface area contributed by atoms with Crippen LogP contribution in [0.3, 0.4) is 0 Å². The number of fused-ring (bicyclic) bond motifs is 2. The molecule has 3 heteroatoms. The van der Waals surface area contributed by atoms with Crippen molar-refractivity contribution in [1.29, 1.82) is 0 Å². The van der Waals surface area contributed by atoms with Crippen LogP contribution in [0.4, 0.5) is 0 Å². The van der Waals surface area contributed by atoms with Gasteiger partial charge in [-0.1, -0.05) is 19.3 Å². The second-order valence-electron chi connectivity index (χ2n) is 8.54. The summed E-state index contributed by atoms with van der Waals surface area (Å²) in [5, 5.41) is 0. The number of nitrogens with zero attached hydrogens (tertiary/aromatic N) is 2. The average molecular weight is 304 g/mol. The molecule has 2 bridgehead atoms. The lowest BCUT2D eigenvalue weighted by Gasteiger charge is -2.56. The molecule has 2 aliphatic heterocycles. The molecule has 1 amide bonds. The molecule has 5 aliphatic rings. The molecular formula is C19H32N2O. The molecule has 3 saturated carbocycles. The molecule has 1 atom stereocenters. The fourth-order valence-corrected chi connectivity index (χ4v) is 6.00. The number of hydrogen-bond acceptors (Lipinski definition) is 2. The van der Waals surface area contributed by atoms with Crippen LogP contribution in [0, 0.1) is 17.3 Å². The number of piperidine rings is 2. The van der Waals surface area contributed by atoms with Crippen LogP contribution in [0.15, 0.2) is 0 Å². The monoisotopic (exact) mass is 304 g/mol. The SMILES string of the molecule is O=C(CN1CCCCC1)N1CCCC2(CC3CCC2CC3)C1. The third kappa shape index (κ3) is 2.81. The predicted molar refractivity (Wildman–Crippen MR) is 88.6 cm³/mol. The smallest absolute Gasteiger partial charge is 0.236 e. The lowest BCUT2D eigenvalue weighted by atomic mass is 9.53. The molecule has 0 N–H and O–H groups in total. The maximum absolute atomic E-state index is 12.8. The van der Waals surface area contributed by atoms with Crippen molar-refractivity contribution in [2.45, 2.75) is 64.2 Å². The molecule has 5 rings (SSSR count). The molecule has 3 nitrogen and oxygen atoms in total. The first kappa shape index (κ1) is 15.0. The van der Waals surface area contributed by atoms with Gasteiger partial charge in [-0.3, -0.25) is 9.69 Å². The highest BCUT2D eigenvalue weighted by Crippen LogP contribution is 2.56. The van der Waals surface area contributed by atoms with E-state index in [1.165, 1.54) is 64.2 Å². The van der Waals surface area contributed by atoms with E-state index in [1.54, 1.807) is 0 Å². The molecule has 5 fully saturated rings. The highest BCUT2D eigenvalue weighted by atomic mass is 16.2.